The molecule has 0 N–H and O–H groups in total. The number of methoxy groups -OCH3 is 1. The Bertz CT molecular complexity index is 409. The molecule has 1 fully saturated rings. The van der Waals surface area contributed by atoms with Gasteiger partial charge in [0.15, 0.2) is 0 Å². The molecular formula is C14H19NO2. The highest BCUT2D eigenvalue weighted by atomic mass is 16.5. The largest absolute Gasteiger partial charge is 0.497 e. The summed E-state index contributed by atoms with van der Waals surface area (Å²) in [5, 5.41) is 0. The number of carbonyl (C=O) groups is 1. The number of carbonyl (C=O) groups excluding carboxylic acids is 1. The van der Waals surface area contributed by atoms with Crippen LogP contribution in [0.3, 0.4) is 0 Å². The van der Waals surface area contributed by atoms with E-state index in [9.17, 15) is 4.79 Å². The molecule has 0 aromatic heterocycles. The van der Waals surface area contributed by atoms with Crippen molar-refractivity contribution >= 4 is 11.5 Å². The van der Waals surface area contributed by atoms with E-state index in [1.165, 1.54) is 0 Å². The fourth-order valence-electron chi connectivity index (χ4n) is 2.45. The van der Waals surface area contributed by atoms with Crippen LogP contribution in [0.2, 0.25) is 0 Å². The van der Waals surface area contributed by atoms with E-state index in [0.717, 1.165) is 18.0 Å². The Kier molecular flexibility index (Phi) is 3.09. The fourth-order valence-corrected chi connectivity index (χ4v) is 2.45. The predicted octanol–water partition coefficient (Wildman–Crippen LogP) is 2.64. The first-order valence-corrected chi connectivity index (χ1v) is 5.96. The number of ether oxygens (including phenoxy) is 1. The molecule has 3 nitrogen and oxygen atoms in total. The molecule has 0 spiro atoms. The highest BCUT2D eigenvalue weighted by Gasteiger charge is 2.33. The number of piperidine rings is 1. The van der Waals surface area contributed by atoms with E-state index in [0.29, 0.717) is 18.6 Å². The lowest BCUT2D eigenvalue weighted by atomic mass is 9.89. The van der Waals surface area contributed by atoms with Crippen molar-refractivity contribution in [3.8, 4) is 5.75 Å². The van der Waals surface area contributed by atoms with Gasteiger partial charge in [0.05, 0.1) is 7.11 Å². The molecule has 1 aliphatic rings. The molecule has 1 saturated heterocycles. The smallest absolute Gasteiger partial charge is 0.136 e. The minimum atomic E-state index is -0.0933. The highest BCUT2D eigenvalue weighted by molar-refractivity contribution is 5.82. The van der Waals surface area contributed by atoms with Crippen LogP contribution < -0.4 is 9.64 Å². The Labute approximate surface area is 102 Å². The van der Waals surface area contributed by atoms with Gasteiger partial charge in [-0.1, -0.05) is 0 Å². The Morgan fingerprint density at radius 2 is 1.88 bits per heavy atom. The Morgan fingerprint density at radius 1 is 1.24 bits per heavy atom. The van der Waals surface area contributed by atoms with E-state index >= 15 is 0 Å². The van der Waals surface area contributed by atoms with Crippen molar-refractivity contribution in [1.29, 1.82) is 0 Å². The summed E-state index contributed by atoms with van der Waals surface area (Å²) < 4.78 is 5.15. The average Bonchev–Trinajstić information content (AvgIpc) is 2.28. The summed E-state index contributed by atoms with van der Waals surface area (Å²) in [6.07, 6.45) is 1.27. The summed E-state index contributed by atoms with van der Waals surface area (Å²) >= 11 is 0. The van der Waals surface area contributed by atoms with E-state index in [4.69, 9.17) is 4.74 Å². The van der Waals surface area contributed by atoms with E-state index in [-0.39, 0.29) is 5.54 Å². The van der Waals surface area contributed by atoms with Crippen LogP contribution in [0.25, 0.3) is 0 Å². The molecule has 0 bridgehead atoms. The summed E-state index contributed by atoms with van der Waals surface area (Å²) in [6.45, 7) is 5.04. The van der Waals surface area contributed by atoms with Crippen LogP contribution in [0.5, 0.6) is 5.75 Å². The molecule has 0 unspecified atom stereocenters. The number of ketones is 1. The number of hydrogen-bond acceptors (Lipinski definition) is 3. The number of anilines is 1. The van der Waals surface area contributed by atoms with Gasteiger partial charge in [0.1, 0.15) is 11.5 Å². The van der Waals surface area contributed by atoms with Crippen LogP contribution in [0.4, 0.5) is 5.69 Å². The van der Waals surface area contributed by atoms with Crippen LogP contribution in [0, 0.1) is 0 Å². The maximum Gasteiger partial charge on any atom is 0.136 e. The van der Waals surface area contributed by atoms with Crippen LogP contribution >= 0.6 is 0 Å². The molecule has 0 saturated carbocycles. The van der Waals surface area contributed by atoms with Gasteiger partial charge >= 0.3 is 0 Å². The SMILES string of the molecule is COc1ccc(N2CCC(=O)CC2(C)C)cc1. The quantitative estimate of drug-likeness (QED) is 0.786. The minimum absolute atomic E-state index is 0.0933. The Balaban J connectivity index is 2.23. The van der Waals surface area contributed by atoms with Crippen molar-refractivity contribution in [2.45, 2.75) is 32.2 Å². The average molecular weight is 233 g/mol. The van der Waals surface area contributed by atoms with Gasteiger partial charge in [0, 0.05) is 30.6 Å². The zero-order valence-corrected chi connectivity index (χ0v) is 10.7. The molecule has 92 valence electrons. The summed E-state index contributed by atoms with van der Waals surface area (Å²) in [7, 11) is 1.67. The first-order chi connectivity index (χ1) is 8.03. The molecule has 1 aromatic rings. The van der Waals surface area contributed by atoms with E-state index in [1.54, 1.807) is 7.11 Å². The Morgan fingerprint density at radius 3 is 2.41 bits per heavy atom. The van der Waals surface area contributed by atoms with Crippen LogP contribution in [-0.4, -0.2) is 25.0 Å². The summed E-state index contributed by atoms with van der Waals surface area (Å²) in [6, 6.07) is 8.02. The molecule has 3 heteroatoms. The number of benzene rings is 1. The second-order valence-electron chi connectivity index (χ2n) is 5.13. The Hall–Kier alpha value is -1.51. The van der Waals surface area contributed by atoms with Crippen molar-refractivity contribution in [3.63, 3.8) is 0 Å². The third-order valence-corrected chi connectivity index (χ3v) is 3.36. The van der Waals surface area contributed by atoms with Gasteiger partial charge in [-0.25, -0.2) is 0 Å². The molecule has 1 aromatic carbocycles. The van der Waals surface area contributed by atoms with Gasteiger partial charge in [-0.15, -0.1) is 0 Å². The maximum absolute atomic E-state index is 11.5. The normalized spacial score (nSPS) is 19.2. The second kappa shape index (κ2) is 4.40. The van der Waals surface area contributed by atoms with E-state index in [1.807, 2.05) is 12.1 Å². The third kappa shape index (κ3) is 2.43. The minimum Gasteiger partial charge on any atom is -0.497 e. The summed E-state index contributed by atoms with van der Waals surface area (Å²) in [5.41, 5.74) is 1.06. The lowest BCUT2D eigenvalue weighted by Gasteiger charge is -2.43. The first kappa shape index (κ1) is 12.0. The molecule has 2 rings (SSSR count). The van der Waals surface area contributed by atoms with Gasteiger partial charge in [0.2, 0.25) is 0 Å². The molecule has 0 amide bonds. The summed E-state index contributed by atoms with van der Waals surface area (Å²) in [4.78, 5) is 13.8. The molecule has 0 aliphatic carbocycles. The molecule has 0 radical (unpaired) electrons. The summed E-state index contributed by atoms with van der Waals surface area (Å²) in [5.74, 6) is 1.22. The van der Waals surface area contributed by atoms with Crippen molar-refractivity contribution in [3.05, 3.63) is 24.3 Å². The van der Waals surface area contributed by atoms with Crippen LogP contribution in [0.1, 0.15) is 26.7 Å². The molecule has 1 heterocycles. The van der Waals surface area contributed by atoms with Crippen molar-refractivity contribution in [1.82, 2.24) is 0 Å². The zero-order valence-electron chi connectivity index (χ0n) is 10.7. The van der Waals surface area contributed by atoms with E-state index in [2.05, 4.69) is 30.9 Å². The number of hydrogen-bond donors (Lipinski definition) is 0. The second-order valence-corrected chi connectivity index (χ2v) is 5.13. The third-order valence-electron chi connectivity index (χ3n) is 3.36. The lowest BCUT2D eigenvalue weighted by molar-refractivity contribution is -0.121. The van der Waals surface area contributed by atoms with Crippen molar-refractivity contribution in [2.75, 3.05) is 18.6 Å². The predicted molar refractivity (Wildman–Crippen MR) is 68.7 cm³/mol. The van der Waals surface area contributed by atoms with Gasteiger partial charge in [0.25, 0.3) is 0 Å². The molecule has 0 atom stereocenters. The zero-order chi connectivity index (χ0) is 12.5. The van der Waals surface area contributed by atoms with Crippen molar-refractivity contribution in [2.24, 2.45) is 0 Å². The van der Waals surface area contributed by atoms with Gasteiger partial charge < -0.3 is 9.64 Å². The molecule has 17 heavy (non-hydrogen) atoms. The first-order valence-electron chi connectivity index (χ1n) is 5.96. The maximum atomic E-state index is 11.5. The standard InChI is InChI=1S/C14H19NO2/c1-14(2)10-12(16)8-9-15(14)11-4-6-13(17-3)7-5-11/h4-7H,8-10H2,1-3H3. The lowest BCUT2D eigenvalue weighted by Crippen LogP contribution is -2.50. The number of Topliss-reactive ketones (excluding diaryl/α,β-unsaturated/α-hetero) is 1. The molecular weight excluding hydrogens is 214 g/mol. The van der Waals surface area contributed by atoms with Crippen molar-refractivity contribution < 1.29 is 9.53 Å². The van der Waals surface area contributed by atoms with Gasteiger partial charge in [-0.3, -0.25) is 4.79 Å². The molecule has 1 aliphatic heterocycles. The number of rotatable bonds is 2. The van der Waals surface area contributed by atoms with Crippen LogP contribution in [-0.2, 0) is 4.79 Å². The topological polar surface area (TPSA) is 29.5 Å². The fraction of sp³-hybridized carbons (Fsp3) is 0.500. The van der Waals surface area contributed by atoms with E-state index < -0.39 is 0 Å². The van der Waals surface area contributed by atoms with Gasteiger partial charge in [-0.05, 0) is 38.1 Å². The van der Waals surface area contributed by atoms with Crippen LogP contribution in [0.15, 0.2) is 24.3 Å². The monoisotopic (exact) mass is 233 g/mol. The highest BCUT2D eigenvalue weighted by Crippen LogP contribution is 2.31. The van der Waals surface area contributed by atoms with Gasteiger partial charge in [-0.2, -0.15) is 0 Å². The number of nitrogens with zero attached hydrogens (tertiary/aromatic N) is 1.